The molecule has 82 valence electrons. The van der Waals surface area contributed by atoms with Crippen LogP contribution in [0.15, 0.2) is 18.3 Å². The first kappa shape index (κ1) is 10.8. The smallest absolute Gasteiger partial charge is 0.212 e. The summed E-state index contributed by atoms with van der Waals surface area (Å²) in [6.07, 6.45) is 3.08. The van der Waals surface area contributed by atoms with Gasteiger partial charge in [0, 0.05) is 24.1 Å². The van der Waals surface area contributed by atoms with E-state index in [1.54, 1.807) is 7.11 Å². The molecule has 2 atom stereocenters. The van der Waals surface area contributed by atoms with E-state index in [2.05, 4.69) is 23.3 Å². The van der Waals surface area contributed by atoms with E-state index in [0.717, 1.165) is 0 Å². The number of nitrogens with zero attached hydrogens (tertiary/aromatic N) is 1. The summed E-state index contributed by atoms with van der Waals surface area (Å²) in [5.74, 6) is 1.86. The Balaban J connectivity index is 2.04. The van der Waals surface area contributed by atoms with Gasteiger partial charge >= 0.3 is 0 Å². The Bertz CT molecular complexity index is 315. The van der Waals surface area contributed by atoms with Gasteiger partial charge in [0.1, 0.15) is 0 Å². The number of ether oxygens (including phenoxy) is 1. The highest BCUT2D eigenvalue weighted by Gasteiger charge is 2.24. The van der Waals surface area contributed by atoms with Crippen LogP contribution in [0.25, 0.3) is 0 Å². The van der Waals surface area contributed by atoms with Gasteiger partial charge in [0.15, 0.2) is 0 Å². The summed E-state index contributed by atoms with van der Waals surface area (Å²) in [7, 11) is 1.64. The van der Waals surface area contributed by atoms with Crippen LogP contribution >= 0.6 is 11.8 Å². The molecule has 1 aliphatic rings. The lowest BCUT2D eigenvalue weighted by Crippen LogP contribution is -2.24. The van der Waals surface area contributed by atoms with Crippen LogP contribution in [0.2, 0.25) is 0 Å². The third-order valence-electron chi connectivity index (χ3n) is 2.62. The van der Waals surface area contributed by atoms with Crippen LogP contribution in [0.3, 0.4) is 0 Å². The van der Waals surface area contributed by atoms with Gasteiger partial charge in [0.2, 0.25) is 5.88 Å². The molecule has 0 aromatic carbocycles. The molecule has 1 aromatic heterocycles. The van der Waals surface area contributed by atoms with E-state index in [1.807, 2.05) is 24.0 Å². The van der Waals surface area contributed by atoms with Crippen LogP contribution in [0, 0.1) is 0 Å². The number of pyridine rings is 1. The Hall–Kier alpha value is -0.740. The number of nitrogens with one attached hydrogen (secondary N) is 1. The second-order valence-corrected chi connectivity index (χ2v) is 4.76. The van der Waals surface area contributed by atoms with Gasteiger partial charge in [-0.2, -0.15) is 0 Å². The lowest BCUT2D eigenvalue weighted by atomic mass is 10.2. The second kappa shape index (κ2) is 4.86. The number of thioether (sulfide) groups is 1. The Morgan fingerprint density at radius 2 is 2.47 bits per heavy atom. The SMILES string of the molecule is CCC1CSC(c2ccc(OC)nc2)N1. The minimum absolute atomic E-state index is 0.397. The highest BCUT2D eigenvalue weighted by Crippen LogP contribution is 2.33. The van der Waals surface area contributed by atoms with Crippen molar-refractivity contribution in [3.63, 3.8) is 0 Å². The van der Waals surface area contributed by atoms with Gasteiger partial charge in [-0.25, -0.2) is 4.98 Å². The quantitative estimate of drug-likeness (QED) is 0.853. The minimum atomic E-state index is 0.397. The van der Waals surface area contributed by atoms with Gasteiger partial charge in [-0.15, -0.1) is 11.8 Å². The largest absolute Gasteiger partial charge is 0.481 e. The fourth-order valence-corrected chi connectivity index (χ4v) is 3.00. The van der Waals surface area contributed by atoms with Gasteiger partial charge in [-0.05, 0) is 18.1 Å². The Morgan fingerprint density at radius 1 is 1.60 bits per heavy atom. The summed E-state index contributed by atoms with van der Waals surface area (Å²) in [5, 5.41) is 3.97. The maximum Gasteiger partial charge on any atom is 0.212 e. The van der Waals surface area contributed by atoms with E-state index in [4.69, 9.17) is 4.74 Å². The molecule has 0 aliphatic carbocycles. The maximum atomic E-state index is 5.04. The standard InChI is InChI=1S/C11H16N2OS/c1-3-9-7-15-11(13-9)8-4-5-10(14-2)12-6-8/h4-6,9,11,13H,3,7H2,1-2H3. The number of hydrogen-bond donors (Lipinski definition) is 1. The van der Waals surface area contributed by atoms with Crippen molar-refractivity contribution in [1.29, 1.82) is 0 Å². The molecule has 15 heavy (non-hydrogen) atoms. The summed E-state index contributed by atoms with van der Waals surface area (Å²) in [4.78, 5) is 4.22. The van der Waals surface area contributed by atoms with Gasteiger partial charge in [0.05, 0.1) is 12.5 Å². The Kier molecular flexibility index (Phi) is 3.49. The minimum Gasteiger partial charge on any atom is -0.481 e. The monoisotopic (exact) mass is 224 g/mol. The molecule has 2 rings (SSSR count). The van der Waals surface area contributed by atoms with E-state index in [1.165, 1.54) is 17.7 Å². The first-order chi connectivity index (χ1) is 7.33. The number of methoxy groups -OCH3 is 1. The van der Waals surface area contributed by atoms with E-state index < -0.39 is 0 Å². The van der Waals surface area contributed by atoms with Gasteiger partial charge in [0.25, 0.3) is 0 Å². The third kappa shape index (κ3) is 2.44. The molecular formula is C11H16N2OS. The van der Waals surface area contributed by atoms with Crippen LogP contribution in [0.4, 0.5) is 0 Å². The zero-order valence-corrected chi connectivity index (χ0v) is 9.88. The van der Waals surface area contributed by atoms with Crippen molar-refractivity contribution in [1.82, 2.24) is 10.3 Å². The summed E-state index contributed by atoms with van der Waals surface area (Å²) >= 11 is 1.95. The van der Waals surface area contributed by atoms with Crippen molar-refractivity contribution < 1.29 is 4.74 Å². The van der Waals surface area contributed by atoms with Crippen LogP contribution in [0.1, 0.15) is 24.3 Å². The van der Waals surface area contributed by atoms with E-state index >= 15 is 0 Å². The normalized spacial score (nSPS) is 25.5. The van der Waals surface area contributed by atoms with E-state index in [-0.39, 0.29) is 0 Å². The van der Waals surface area contributed by atoms with Crippen molar-refractivity contribution in [3.8, 4) is 5.88 Å². The molecule has 0 spiro atoms. The molecule has 4 heteroatoms. The molecule has 2 heterocycles. The van der Waals surface area contributed by atoms with Crippen molar-refractivity contribution in [2.45, 2.75) is 24.8 Å². The van der Waals surface area contributed by atoms with Crippen LogP contribution < -0.4 is 10.1 Å². The van der Waals surface area contributed by atoms with Crippen molar-refractivity contribution in [2.75, 3.05) is 12.9 Å². The Morgan fingerprint density at radius 3 is 3.00 bits per heavy atom. The predicted molar refractivity (Wildman–Crippen MR) is 63.2 cm³/mol. The summed E-state index contributed by atoms with van der Waals surface area (Å²) in [6.45, 7) is 2.22. The van der Waals surface area contributed by atoms with Crippen molar-refractivity contribution in [3.05, 3.63) is 23.9 Å². The predicted octanol–water partition coefficient (Wildman–Crippen LogP) is 2.20. The molecule has 0 amide bonds. The maximum absolute atomic E-state index is 5.04. The van der Waals surface area contributed by atoms with Gasteiger partial charge in [-0.3, -0.25) is 5.32 Å². The van der Waals surface area contributed by atoms with E-state index in [0.29, 0.717) is 17.3 Å². The first-order valence-corrected chi connectivity index (χ1v) is 6.26. The summed E-state index contributed by atoms with van der Waals surface area (Å²) in [6, 6.07) is 4.63. The van der Waals surface area contributed by atoms with Crippen molar-refractivity contribution in [2.24, 2.45) is 0 Å². The molecule has 0 saturated carbocycles. The fraction of sp³-hybridized carbons (Fsp3) is 0.545. The second-order valence-electron chi connectivity index (χ2n) is 3.62. The number of hydrogen-bond acceptors (Lipinski definition) is 4. The molecular weight excluding hydrogens is 208 g/mol. The number of rotatable bonds is 3. The molecule has 1 fully saturated rings. The molecule has 1 N–H and O–H groups in total. The molecule has 0 radical (unpaired) electrons. The topological polar surface area (TPSA) is 34.1 Å². The molecule has 1 aliphatic heterocycles. The number of aromatic nitrogens is 1. The highest BCUT2D eigenvalue weighted by molar-refractivity contribution is 7.99. The average molecular weight is 224 g/mol. The zero-order valence-electron chi connectivity index (χ0n) is 9.06. The van der Waals surface area contributed by atoms with Crippen LogP contribution in [-0.2, 0) is 0 Å². The average Bonchev–Trinajstić information content (AvgIpc) is 2.78. The zero-order chi connectivity index (χ0) is 10.7. The molecule has 1 saturated heterocycles. The van der Waals surface area contributed by atoms with E-state index in [9.17, 15) is 0 Å². The first-order valence-electron chi connectivity index (χ1n) is 5.21. The Labute approximate surface area is 94.6 Å². The fourth-order valence-electron chi connectivity index (χ4n) is 1.62. The van der Waals surface area contributed by atoms with Crippen LogP contribution in [0.5, 0.6) is 5.88 Å². The summed E-state index contributed by atoms with van der Waals surface area (Å²) < 4.78 is 5.04. The molecule has 1 aromatic rings. The third-order valence-corrected chi connectivity index (χ3v) is 3.95. The highest BCUT2D eigenvalue weighted by atomic mass is 32.2. The lowest BCUT2D eigenvalue weighted by Gasteiger charge is -2.11. The lowest BCUT2D eigenvalue weighted by molar-refractivity contribution is 0.397. The van der Waals surface area contributed by atoms with Crippen molar-refractivity contribution >= 4 is 11.8 Å². The summed E-state index contributed by atoms with van der Waals surface area (Å²) in [5.41, 5.74) is 1.23. The molecule has 0 bridgehead atoms. The van der Waals surface area contributed by atoms with Gasteiger partial charge < -0.3 is 4.74 Å². The van der Waals surface area contributed by atoms with Gasteiger partial charge in [-0.1, -0.05) is 6.92 Å². The molecule has 3 nitrogen and oxygen atoms in total. The van der Waals surface area contributed by atoms with Crippen LogP contribution in [-0.4, -0.2) is 23.9 Å². The molecule has 2 unspecified atom stereocenters.